The van der Waals surface area contributed by atoms with Crippen molar-refractivity contribution in [3.8, 4) is 5.75 Å². The van der Waals surface area contributed by atoms with Gasteiger partial charge in [-0.1, -0.05) is 25.0 Å². The Morgan fingerprint density at radius 2 is 1.81 bits per heavy atom. The normalized spacial score (nSPS) is 18.0. The monoisotopic (exact) mass is 446 g/mol. The maximum Gasteiger partial charge on any atom is 0.251 e. The van der Waals surface area contributed by atoms with E-state index in [1.54, 1.807) is 18.2 Å². The number of nitrogens with one attached hydrogen (secondary N) is 2. The highest BCUT2D eigenvalue weighted by molar-refractivity contribution is 7.89. The van der Waals surface area contributed by atoms with Crippen LogP contribution < -0.4 is 14.8 Å². The molecule has 0 heterocycles. The molecular weight excluding hydrogens is 419 g/mol. The number of halogens is 1. The Balaban J connectivity index is 1.49. The van der Waals surface area contributed by atoms with Crippen LogP contribution in [0.2, 0.25) is 0 Å². The Labute approximate surface area is 182 Å². The van der Waals surface area contributed by atoms with Crippen LogP contribution in [0.4, 0.5) is 4.39 Å². The molecule has 1 amide bonds. The van der Waals surface area contributed by atoms with Gasteiger partial charge in [0.2, 0.25) is 10.0 Å². The van der Waals surface area contributed by atoms with E-state index in [2.05, 4.69) is 10.0 Å². The fraction of sp³-hybridized carbons (Fsp3) is 0.435. The first-order valence-corrected chi connectivity index (χ1v) is 12.1. The number of hydrogen-bond donors (Lipinski definition) is 2. The van der Waals surface area contributed by atoms with Gasteiger partial charge in [0.25, 0.3) is 5.91 Å². The van der Waals surface area contributed by atoms with Crippen LogP contribution in [0.15, 0.2) is 47.4 Å². The fourth-order valence-corrected chi connectivity index (χ4v) is 5.73. The van der Waals surface area contributed by atoms with Crippen LogP contribution in [0, 0.1) is 5.82 Å². The second kappa shape index (κ2) is 8.59. The summed E-state index contributed by atoms with van der Waals surface area (Å²) in [6.07, 6.45) is 5.45. The summed E-state index contributed by atoms with van der Waals surface area (Å²) in [5.74, 6) is -0.442. The highest BCUT2D eigenvalue weighted by Crippen LogP contribution is 2.47. The minimum absolute atomic E-state index is 0.0331. The Bertz CT molecular complexity index is 1060. The maximum absolute atomic E-state index is 13.2. The van der Waals surface area contributed by atoms with Gasteiger partial charge in [-0.15, -0.1) is 0 Å². The molecular formula is C23H27FN2O4S. The topological polar surface area (TPSA) is 84.5 Å². The minimum atomic E-state index is -3.81. The molecule has 2 aromatic rings. The molecule has 0 unspecified atom stereocenters. The van der Waals surface area contributed by atoms with Crippen molar-refractivity contribution in [1.29, 1.82) is 0 Å². The van der Waals surface area contributed by atoms with Gasteiger partial charge in [-0.3, -0.25) is 4.79 Å². The van der Waals surface area contributed by atoms with Crippen molar-refractivity contribution >= 4 is 15.9 Å². The molecule has 2 saturated carbocycles. The molecule has 166 valence electrons. The summed E-state index contributed by atoms with van der Waals surface area (Å²) in [5.41, 5.74) is 1.06. The quantitative estimate of drug-likeness (QED) is 0.650. The number of carbonyl (C=O) groups excluding carboxylic acids is 1. The number of rotatable bonds is 8. The van der Waals surface area contributed by atoms with E-state index in [0.29, 0.717) is 6.54 Å². The largest absolute Gasteiger partial charge is 0.495 e. The van der Waals surface area contributed by atoms with Gasteiger partial charge in [0, 0.05) is 23.6 Å². The van der Waals surface area contributed by atoms with E-state index in [1.807, 2.05) is 0 Å². The Hall–Kier alpha value is -2.45. The molecule has 0 saturated heterocycles. The summed E-state index contributed by atoms with van der Waals surface area (Å²) >= 11 is 0. The van der Waals surface area contributed by atoms with E-state index < -0.39 is 10.0 Å². The highest BCUT2D eigenvalue weighted by Gasteiger charge is 2.44. The number of amides is 1. The van der Waals surface area contributed by atoms with Gasteiger partial charge in [-0.2, -0.15) is 0 Å². The average Bonchev–Trinajstić information content (AvgIpc) is 3.39. The molecule has 2 fully saturated rings. The highest BCUT2D eigenvalue weighted by atomic mass is 32.2. The molecule has 0 aliphatic heterocycles. The summed E-state index contributed by atoms with van der Waals surface area (Å²) in [7, 11) is -2.41. The number of ether oxygens (including phenoxy) is 1. The standard InChI is InChI=1S/C23H27FN2O4S/c1-30-20-11-6-16(14-21(20)31(28,29)26-19-4-2-3-5-19)22(27)25-15-23(12-13-23)17-7-9-18(24)10-8-17/h6-11,14,19,26H,2-5,12-13,15H2,1H3,(H,25,27). The Kier molecular flexibility index (Phi) is 6.03. The second-order valence-electron chi connectivity index (χ2n) is 8.44. The van der Waals surface area contributed by atoms with Gasteiger partial charge >= 0.3 is 0 Å². The molecule has 2 aromatic carbocycles. The molecule has 2 aliphatic rings. The first-order chi connectivity index (χ1) is 14.8. The molecule has 2 aliphatic carbocycles. The third kappa shape index (κ3) is 4.75. The minimum Gasteiger partial charge on any atom is -0.495 e. The van der Waals surface area contributed by atoms with Gasteiger partial charge < -0.3 is 10.1 Å². The molecule has 0 radical (unpaired) electrons. The number of methoxy groups -OCH3 is 1. The smallest absolute Gasteiger partial charge is 0.251 e. The first kappa shape index (κ1) is 21.8. The SMILES string of the molecule is COc1ccc(C(=O)NCC2(c3ccc(F)cc3)CC2)cc1S(=O)(=O)NC1CCCC1. The molecule has 0 aromatic heterocycles. The Morgan fingerprint density at radius 3 is 2.42 bits per heavy atom. The van der Waals surface area contributed by atoms with Crippen LogP contribution in [-0.2, 0) is 15.4 Å². The zero-order valence-corrected chi connectivity index (χ0v) is 18.3. The van der Waals surface area contributed by atoms with Crippen molar-refractivity contribution in [3.63, 3.8) is 0 Å². The fourth-order valence-electron chi connectivity index (χ4n) is 4.23. The number of sulfonamides is 1. The third-order valence-corrected chi connectivity index (χ3v) is 7.83. The zero-order chi connectivity index (χ0) is 22.1. The van der Waals surface area contributed by atoms with E-state index in [9.17, 15) is 17.6 Å². The molecule has 4 rings (SSSR count). The molecule has 0 atom stereocenters. The van der Waals surface area contributed by atoms with E-state index in [-0.39, 0.29) is 39.4 Å². The van der Waals surface area contributed by atoms with Gasteiger partial charge in [0.05, 0.1) is 7.11 Å². The van der Waals surface area contributed by atoms with Crippen LogP contribution in [0.3, 0.4) is 0 Å². The van der Waals surface area contributed by atoms with Crippen LogP contribution in [0.5, 0.6) is 5.75 Å². The van der Waals surface area contributed by atoms with Gasteiger partial charge in [0.15, 0.2) is 0 Å². The van der Waals surface area contributed by atoms with Gasteiger partial charge in [0.1, 0.15) is 16.5 Å². The second-order valence-corrected chi connectivity index (χ2v) is 10.1. The lowest BCUT2D eigenvalue weighted by molar-refractivity contribution is 0.0949. The van der Waals surface area contributed by atoms with Crippen LogP contribution in [-0.4, -0.2) is 34.0 Å². The first-order valence-electron chi connectivity index (χ1n) is 10.6. The molecule has 31 heavy (non-hydrogen) atoms. The summed E-state index contributed by atoms with van der Waals surface area (Å²) in [5, 5.41) is 2.92. The van der Waals surface area contributed by atoms with E-state index in [1.165, 1.54) is 31.4 Å². The number of carbonyl (C=O) groups is 1. The summed E-state index contributed by atoms with van der Waals surface area (Å²) < 4.78 is 47.1. The van der Waals surface area contributed by atoms with Crippen LogP contribution in [0.1, 0.15) is 54.4 Å². The predicted molar refractivity (Wildman–Crippen MR) is 115 cm³/mol. The summed E-state index contributed by atoms with van der Waals surface area (Å²) in [6.45, 7) is 0.409. The van der Waals surface area contributed by atoms with Crippen molar-refractivity contribution in [3.05, 3.63) is 59.4 Å². The van der Waals surface area contributed by atoms with Gasteiger partial charge in [-0.25, -0.2) is 17.5 Å². The van der Waals surface area contributed by atoms with Crippen molar-refractivity contribution in [1.82, 2.24) is 10.0 Å². The molecule has 6 nitrogen and oxygen atoms in total. The molecule has 8 heteroatoms. The molecule has 2 N–H and O–H groups in total. The lowest BCUT2D eigenvalue weighted by Gasteiger charge is -2.18. The maximum atomic E-state index is 13.2. The van der Waals surface area contributed by atoms with E-state index >= 15 is 0 Å². The predicted octanol–water partition coefficient (Wildman–Crippen LogP) is 3.52. The van der Waals surface area contributed by atoms with Crippen molar-refractivity contribution in [2.45, 2.75) is 54.9 Å². The summed E-state index contributed by atoms with van der Waals surface area (Å²) in [6, 6.07) is 10.7. The zero-order valence-electron chi connectivity index (χ0n) is 17.5. The number of hydrogen-bond acceptors (Lipinski definition) is 4. The third-order valence-electron chi connectivity index (χ3n) is 6.29. The lowest BCUT2D eigenvalue weighted by atomic mass is 9.96. The lowest BCUT2D eigenvalue weighted by Crippen LogP contribution is -2.34. The Morgan fingerprint density at radius 1 is 1.13 bits per heavy atom. The summed E-state index contributed by atoms with van der Waals surface area (Å²) in [4.78, 5) is 12.8. The van der Waals surface area contributed by atoms with E-state index in [4.69, 9.17) is 4.74 Å². The molecule has 0 bridgehead atoms. The van der Waals surface area contributed by atoms with Crippen molar-refractivity contribution in [2.24, 2.45) is 0 Å². The van der Waals surface area contributed by atoms with Gasteiger partial charge in [-0.05, 0) is 61.6 Å². The van der Waals surface area contributed by atoms with Crippen LogP contribution in [0.25, 0.3) is 0 Å². The molecule has 0 spiro atoms. The van der Waals surface area contributed by atoms with Crippen molar-refractivity contribution in [2.75, 3.05) is 13.7 Å². The number of benzene rings is 2. The van der Waals surface area contributed by atoms with E-state index in [0.717, 1.165) is 44.1 Å². The average molecular weight is 447 g/mol. The van der Waals surface area contributed by atoms with Crippen LogP contribution >= 0.6 is 0 Å². The van der Waals surface area contributed by atoms with Crippen molar-refractivity contribution < 1.29 is 22.3 Å².